The Hall–Kier alpha value is -1.72. The van der Waals surface area contributed by atoms with E-state index in [2.05, 4.69) is 10.2 Å². The van der Waals surface area contributed by atoms with Crippen LogP contribution in [0.4, 0.5) is 0 Å². The fourth-order valence-corrected chi connectivity index (χ4v) is 2.13. The predicted molar refractivity (Wildman–Crippen MR) is 71.0 cm³/mol. The molecule has 0 fully saturated rings. The zero-order valence-electron chi connectivity index (χ0n) is 10.1. The monoisotopic (exact) mass is 267 g/mol. The topological polar surface area (TPSA) is 83.9 Å². The lowest BCUT2D eigenvalue weighted by Crippen LogP contribution is -2.10. The molecule has 0 aliphatic heterocycles. The normalized spacial score (nSPS) is 10.7. The first-order valence-electron chi connectivity index (χ1n) is 5.42. The largest absolute Gasteiger partial charge is 0.495 e. The highest BCUT2D eigenvalue weighted by atomic mass is 35.5. The fraction of sp³-hybridized carbons (Fsp3) is 0.250. The summed E-state index contributed by atoms with van der Waals surface area (Å²) in [5, 5.41) is 5.85. The maximum Gasteiger partial charge on any atom is 0.269 e. The number of H-pyrrole nitrogens is 2. The third-order valence-electron chi connectivity index (χ3n) is 2.85. The Morgan fingerprint density at radius 2 is 2.11 bits per heavy atom. The standard InChI is InChI=1S/C12H14ClN3O2/c1-6-3-10(18-2)9(13)4-7(6)11-8(5-14)12(17)16-15-11/h3-4H,5,14H2,1-2H3,(H2,15,16,17). The summed E-state index contributed by atoms with van der Waals surface area (Å²) < 4.78 is 5.14. The van der Waals surface area contributed by atoms with Gasteiger partial charge in [0.2, 0.25) is 0 Å². The molecular formula is C12H14ClN3O2. The van der Waals surface area contributed by atoms with Gasteiger partial charge in [0.25, 0.3) is 5.56 Å². The highest BCUT2D eigenvalue weighted by Crippen LogP contribution is 2.33. The van der Waals surface area contributed by atoms with Crippen LogP contribution in [0.5, 0.6) is 5.75 Å². The number of rotatable bonds is 3. The number of hydrogen-bond acceptors (Lipinski definition) is 3. The molecule has 0 aliphatic rings. The third kappa shape index (κ3) is 2.02. The number of ether oxygens (including phenoxy) is 1. The average Bonchev–Trinajstić information content (AvgIpc) is 2.72. The van der Waals surface area contributed by atoms with E-state index in [4.69, 9.17) is 22.1 Å². The van der Waals surface area contributed by atoms with Crippen LogP contribution in [0, 0.1) is 6.92 Å². The second-order valence-corrected chi connectivity index (χ2v) is 4.35. The molecule has 0 amide bonds. The van der Waals surface area contributed by atoms with Gasteiger partial charge in [-0.25, -0.2) is 0 Å². The molecule has 0 atom stereocenters. The van der Waals surface area contributed by atoms with Crippen LogP contribution in [0.25, 0.3) is 11.3 Å². The Morgan fingerprint density at radius 1 is 1.39 bits per heavy atom. The molecule has 1 heterocycles. The van der Waals surface area contributed by atoms with Gasteiger partial charge in [0.1, 0.15) is 5.75 Å². The van der Waals surface area contributed by atoms with Crippen molar-refractivity contribution in [1.29, 1.82) is 0 Å². The average molecular weight is 268 g/mol. The number of aryl methyl sites for hydroxylation is 1. The fourth-order valence-electron chi connectivity index (χ4n) is 1.89. The van der Waals surface area contributed by atoms with Gasteiger partial charge >= 0.3 is 0 Å². The molecule has 0 saturated heterocycles. The smallest absolute Gasteiger partial charge is 0.269 e. The number of halogens is 1. The van der Waals surface area contributed by atoms with Crippen LogP contribution in [0.2, 0.25) is 5.02 Å². The van der Waals surface area contributed by atoms with E-state index in [9.17, 15) is 4.79 Å². The summed E-state index contributed by atoms with van der Waals surface area (Å²) in [7, 11) is 1.56. The van der Waals surface area contributed by atoms with E-state index >= 15 is 0 Å². The van der Waals surface area contributed by atoms with E-state index in [1.54, 1.807) is 13.2 Å². The van der Waals surface area contributed by atoms with Gasteiger partial charge in [-0.2, -0.15) is 0 Å². The lowest BCUT2D eigenvalue weighted by molar-refractivity contribution is 0.415. The zero-order chi connectivity index (χ0) is 13.3. The van der Waals surface area contributed by atoms with Crippen molar-refractivity contribution in [2.24, 2.45) is 5.73 Å². The number of aromatic nitrogens is 2. The highest BCUT2D eigenvalue weighted by Gasteiger charge is 2.14. The van der Waals surface area contributed by atoms with Gasteiger partial charge in [0, 0.05) is 12.1 Å². The van der Waals surface area contributed by atoms with Crippen molar-refractivity contribution in [3.05, 3.63) is 38.6 Å². The minimum atomic E-state index is -0.209. The van der Waals surface area contributed by atoms with E-state index in [1.807, 2.05) is 13.0 Å². The molecule has 5 nitrogen and oxygen atoms in total. The Labute approximate surface area is 109 Å². The summed E-state index contributed by atoms with van der Waals surface area (Å²) in [5.41, 5.74) is 8.33. The number of nitrogens with one attached hydrogen (secondary N) is 2. The summed E-state index contributed by atoms with van der Waals surface area (Å²) in [6, 6.07) is 3.58. The zero-order valence-corrected chi connectivity index (χ0v) is 10.9. The molecular weight excluding hydrogens is 254 g/mol. The van der Waals surface area contributed by atoms with Gasteiger partial charge in [-0.05, 0) is 24.6 Å². The minimum absolute atomic E-state index is 0.164. The van der Waals surface area contributed by atoms with Crippen molar-refractivity contribution in [1.82, 2.24) is 10.2 Å². The Morgan fingerprint density at radius 3 is 2.72 bits per heavy atom. The van der Waals surface area contributed by atoms with Crippen LogP contribution in [0.1, 0.15) is 11.1 Å². The molecule has 2 aromatic rings. The molecule has 0 radical (unpaired) electrons. The van der Waals surface area contributed by atoms with Crippen molar-refractivity contribution in [2.45, 2.75) is 13.5 Å². The van der Waals surface area contributed by atoms with E-state index < -0.39 is 0 Å². The van der Waals surface area contributed by atoms with E-state index in [-0.39, 0.29) is 12.1 Å². The molecule has 96 valence electrons. The lowest BCUT2D eigenvalue weighted by atomic mass is 10.0. The predicted octanol–water partition coefficient (Wildman–Crippen LogP) is 1.80. The molecule has 0 saturated carbocycles. The van der Waals surface area contributed by atoms with Crippen LogP contribution >= 0.6 is 11.6 Å². The molecule has 6 heteroatoms. The first-order valence-corrected chi connectivity index (χ1v) is 5.80. The van der Waals surface area contributed by atoms with Crippen LogP contribution < -0.4 is 16.0 Å². The van der Waals surface area contributed by atoms with Gasteiger partial charge in [0.05, 0.1) is 23.4 Å². The van der Waals surface area contributed by atoms with Crippen molar-refractivity contribution in [2.75, 3.05) is 7.11 Å². The van der Waals surface area contributed by atoms with Gasteiger partial charge < -0.3 is 10.5 Å². The SMILES string of the molecule is COc1cc(C)c(-c2[nH][nH]c(=O)c2CN)cc1Cl. The van der Waals surface area contributed by atoms with Crippen LogP contribution in [-0.2, 0) is 6.54 Å². The van der Waals surface area contributed by atoms with Gasteiger partial charge in [-0.1, -0.05) is 11.6 Å². The Balaban J connectivity index is 2.64. The number of aromatic amines is 2. The summed E-state index contributed by atoms with van der Waals surface area (Å²) in [4.78, 5) is 11.5. The maximum absolute atomic E-state index is 11.5. The quantitative estimate of drug-likeness (QED) is 0.793. The molecule has 0 spiro atoms. The molecule has 0 aliphatic carbocycles. The Kier molecular flexibility index (Phi) is 3.45. The van der Waals surface area contributed by atoms with E-state index in [0.717, 1.165) is 11.1 Å². The highest BCUT2D eigenvalue weighted by molar-refractivity contribution is 6.32. The van der Waals surface area contributed by atoms with Gasteiger partial charge in [-0.15, -0.1) is 0 Å². The number of benzene rings is 1. The second kappa shape index (κ2) is 4.88. The molecule has 0 bridgehead atoms. The summed E-state index contributed by atoms with van der Waals surface area (Å²) in [6.45, 7) is 2.08. The van der Waals surface area contributed by atoms with Crippen molar-refractivity contribution < 1.29 is 4.74 Å². The number of hydrogen-bond donors (Lipinski definition) is 3. The molecule has 18 heavy (non-hydrogen) atoms. The van der Waals surface area contributed by atoms with Crippen molar-refractivity contribution >= 4 is 11.6 Å². The van der Waals surface area contributed by atoms with E-state index in [1.165, 1.54) is 0 Å². The van der Waals surface area contributed by atoms with E-state index in [0.29, 0.717) is 22.0 Å². The minimum Gasteiger partial charge on any atom is -0.495 e. The first kappa shape index (κ1) is 12.7. The number of methoxy groups -OCH3 is 1. The van der Waals surface area contributed by atoms with Gasteiger partial charge in [-0.3, -0.25) is 15.0 Å². The summed E-state index contributed by atoms with van der Waals surface area (Å²) in [5.74, 6) is 0.602. The second-order valence-electron chi connectivity index (χ2n) is 3.94. The molecule has 0 unspecified atom stereocenters. The molecule has 4 N–H and O–H groups in total. The van der Waals surface area contributed by atoms with Gasteiger partial charge in [0.15, 0.2) is 0 Å². The van der Waals surface area contributed by atoms with Crippen molar-refractivity contribution in [3.8, 4) is 17.0 Å². The number of nitrogens with two attached hydrogens (primary N) is 1. The molecule has 1 aromatic carbocycles. The first-order chi connectivity index (χ1) is 8.58. The van der Waals surface area contributed by atoms with Crippen molar-refractivity contribution in [3.63, 3.8) is 0 Å². The Bertz CT molecular complexity index is 631. The van der Waals surface area contributed by atoms with Crippen LogP contribution in [0.15, 0.2) is 16.9 Å². The summed E-state index contributed by atoms with van der Waals surface area (Å²) in [6.07, 6.45) is 0. The third-order valence-corrected chi connectivity index (χ3v) is 3.14. The lowest BCUT2D eigenvalue weighted by Gasteiger charge is -2.10. The molecule has 1 aromatic heterocycles. The van der Waals surface area contributed by atoms with Crippen LogP contribution in [0.3, 0.4) is 0 Å². The molecule has 2 rings (SSSR count). The summed E-state index contributed by atoms with van der Waals surface area (Å²) >= 11 is 6.10. The van der Waals surface area contributed by atoms with Crippen LogP contribution in [-0.4, -0.2) is 17.3 Å². The maximum atomic E-state index is 11.5.